The van der Waals surface area contributed by atoms with Crippen LogP contribution in [0.25, 0.3) is 10.4 Å². The van der Waals surface area contributed by atoms with E-state index in [2.05, 4.69) is 10.0 Å². The van der Waals surface area contributed by atoms with E-state index in [9.17, 15) is 19.1 Å². The molecule has 2 rings (SSSR count). The van der Waals surface area contributed by atoms with Crippen molar-refractivity contribution in [2.45, 2.75) is 30.6 Å². The number of aliphatic hydroxyl groups excluding tert-OH is 2. The van der Waals surface area contributed by atoms with Gasteiger partial charge in [-0.25, -0.2) is 9.18 Å². The van der Waals surface area contributed by atoms with Gasteiger partial charge in [0.1, 0.15) is 6.10 Å². The van der Waals surface area contributed by atoms with Gasteiger partial charge in [0.25, 0.3) is 5.91 Å². The Morgan fingerprint density at radius 1 is 1.60 bits per heavy atom. The molecular weight excluding hydrogens is 277 g/mol. The molecule has 0 aromatic carbocycles. The van der Waals surface area contributed by atoms with E-state index >= 15 is 0 Å². The monoisotopic (exact) mass is 289 g/mol. The molecule has 0 aromatic rings. The number of hydrogen-bond donors (Lipinski definition) is 3. The van der Waals surface area contributed by atoms with E-state index in [-0.39, 0.29) is 0 Å². The Hall–Kier alpha value is -1.94. The second-order valence-electron chi connectivity index (χ2n) is 4.35. The van der Waals surface area contributed by atoms with Gasteiger partial charge in [0.15, 0.2) is 12.4 Å². The molecular formula is C9H12FN5O5. The Labute approximate surface area is 111 Å². The van der Waals surface area contributed by atoms with E-state index in [0.717, 1.165) is 4.90 Å². The van der Waals surface area contributed by atoms with Crippen LogP contribution in [0.4, 0.5) is 9.18 Å². The number of imide groups is 1. The van der Waals surface area contributed by atoms with Crippen molar-refractivity contribution in [2.75, 3.05) is 13.2 Å². The van der Waals surface area contributed by atoms with Crippen molar-refractivity contribution in [3.63, 3.8) is 0 Å². The fourth-order valence-corrected chi connectivity index (χ4v) is 2.15. The van der Waals surface area contributed by atoms with Crippen LogP contribution < -0.4 is 5.32 Å². The first-order valence-electron chi connectivity index (χ1n) is 5.73. The lowest BCUT2D eigenvalue weighted by Gasteiger charge is -2.34. The summed E-state index contributed by atoms with van der Waals surface area (Å²) in [4.78, 5) is 25.9. The average Bonchev–Trinajstić information content (AvgIpc) is 2.72. The average molecular weight is 289 g/mol. The van der Waals surface area contributed by atoms with Gasteiger partial charge < -0.3 is 14.9 Å². The third kappa shape index (κ3) is 2.39. The third-order valence-corrected chi connectivity index (χ3v) is 3.14. The number of carbonyl (C=O) groups is 2. The van der Waals surface area contributed by atoms with Crippen molar-refractivity contribution in [3.8, 4) is 0 Å². The summed E-state index contributed by atoms with van der Waals surface area (Å²) in [5, 5.41) is 24.1. The summed E-state index contributed by atoms with van der Waals surface area (Å²) in [6, 6.07) is -2.04. The summed E-state index contributed by atoms with van der Waals surface area (Å²) in [6.45, 7) is -1.14. The highest BCUT2D eigenvalue weighted by Gasteiger charge is 2.49. The van der Waals surface area contributed by atoms with Crippen LogP contribution in [0.5, 0.6) is 0 Å². The zero-order valence-electron chi connectivity index (χ0n) is 10.1. The van der Waals surface area contributed by atoms with Crippen LogP contribution in [0.1, 0.15) is 0 Å². The zero-order chi connectivity index (χ0) is 14.9. The van der Waals surface area contributed by atoms with Crippen LogP contribution in [-0.4, -0.2) is 70.9 Å². The minimum absolute atomic E-state index is 0.551. The molecule has 110 valence electrons. The number of ether oxygens (including phenoxy) is 1. The van der Waals surface area contributed by atoms with Crippen molar-refractivity contribution < 1.29 is 28.9 Å². The molecule has 3 N–H and O–H groups in total. The predicted octanol–water partition coefficient (Wildman–Crippen LogP) is -1.37. The zero-order valence-corrected chi connectivity index (χ0v) is 10.1. The van der Waals surface area contributed by atoms with Gasteiger partial charge in [0.2, 0.25) is 0 Å². The highest BCUT2D eigenvalue weighted by Crippen LogP contribution is 2.27. The molecule has 0 saturated carbocycles. The fraction of sp³-hybridized carbons (Fsp3) is 0.778. The largest absolute Gasteiger partial charge is 0.394 e. The van der Waals surface area contributed by atoms with Gasteiger partial charge in [-0.3, -0.25) is 15.0 Å². The topological polar surface area (TPSA) is 148 Å². The van der Waals surface area contributed by atoms with Gasteiger partial charge in [0, 0.05) is 4.91 Å². The number of aliphatic hydroxyl groups is 2. The quantitative estimate of drug-likeness (QED) is 0.333. The molecule has 5 atom stereocenters. The number of azide groups is 1. The smallest absolute Gasteiger partial charge is 0.326 e. The number of nitrogens with zero attached hydrogens (tertiary/aromatic N) is 4. The lowest BCUT2D eigenvalue weighted by Crippen LogP contribution is -2.60. The highest BCUT2D eigenvalue weighted by molar-refractivity contribution is 5.99. The fourth-order valence-electron chi connectivity index (χ4n) is 2.15. The van der Waals surface area contributed by atoms with Crippen LogP contribution in [0.3, 0.4) is 0 Å². The van der Waals surface area contributed by atoms with Gasteiger partial charge in [-0.2, -0.15) is 0 Å². The van der Waals surface area contributed by atoms with Gasteiger partial charge in [-0.05, 0) is 5.53 Å². The summed E-state index contributed by atoms with van der Waals surface area (Å²) in [5.41, 5.74) is 8.40. The molecule has 5 unspecified atom stereocenters. The molecule has 20 heavy (non-hydrogen) atoms. The molecule has 10 nitrogen and oxygen atoms in total. The molecule has 3 amide bonds. The SMILES string of the molecule is [N-]=[N+]=NC1C(CO)OC(N2CC(F)C(=O)NC2=O)C1O. The maximum absolute atomic E-state index is 13.3. The van der Waals surface area contributed by atoms with Crippen LogP contribution >= 0.6 is 0 Å². The maximum Gasteiger partial charge on any atom is 0.326 e. The molecule has 2 saturated heterocycles. The third-order valence-electron chi connectivity index (χ3n) is 3.14. The molecule has 0 bridgehead atoms. The lowest BCUT2D eigenvalue weighted by atomic mass is 10.1. The van der Waals surface area contributed by atoms with Gasteiger partial charge in [0.05, 0.1) is 25.3 Å². The van der Waals surface area contributed by atoms with E-state index < -0.39 is 55.7 Å². The van der Waals surface area contributed by atoms with Crippen molar-refractivity contribution in [1.29, 1.82) is 0 Å². The second kappa shape index (κ2) is 5.59. The number of nitrogens with one attached hydrogen (secondary N) is 1. The van der Waals surface area contributed by atoms with E-state index in [4.69, 9.17) is 15.4 Å². The molecule has 2 aliphatic rings. The molecule has 0 aliphatic carbocycles. The summed E-state index contributed by atoms with van der Waals surface area (Å²) in [5.74, 6) is -1.07. The van der Waals surface area contributed by atoms with E-state index in [1.54, 1.807) is 5.32 Å². The summed E-state index contributed by atoms with van der Waals surface area (Å²) in [7, 11) is 0. The molecule has 0 spiro atoms. The number of urea groups is 1. The number of hydrogen-bond acceptors (Lipinski definition) is 6. The maximum atomic E-state index is 13.3. The number of carbonyl (C=O) groups excluding carboxylic acids is 2. The predicted molar refractivity (Wildman–Crippen MR) is 59.8 cm³/mol. The number of alkyl halides is 1. The first-order valence-corrected chi connectivity index (χ1v) is 5.73. The standard InChI is InChI=1S/C9H12FN5O5/c10-3-1-15(9(19)12-7(3)18)8-6(17)5(13-14-11)4(2-16)20-8/h3-6,8,16-17H,1-2H2,(H,12,18,19). The lowest BCUT2D eigenvalue weighted by molar-refractivity contribution is -0.132. The molecule has 2 aliphatic heterocycles. The van der Waals surface area contributed by atoms with E-state index in [1.165, 1.54) is 0 Å². The number of amides is 3. The first kappa shape index (κ1) is 14.5. The van der Waals surface area contributed by atoms with Crippen molar-refractivity contribution in [3.05, 3.63) is 10.4 Å². The van der Waals surface area contributed by atoms with Gasteiger partial charge >= 0.3 is 6.03 Å². The van der Waals surface area contributed by atoms with Crippen LogP contribution in [0, 0.1) is 0 Å². The normalized spacial score (nSPS) is 37.5. The highest BCUT2D eigenvalue weighted by atomic mass is 19.1. The Morgan fingerprint density at radius 2 is 2.30 bits per heavy atom. The molecule has 2 heterocycles. The molecule has 0 aromatic heterocycles. The second-order valence-corrected chi connectivity index (χ2v) is 4.35. The molecule has 11 heteroatoms. The summed E-state index contributed by atoms with van der Waals surface area (Å²) in [6.07, 6.45) is -5.72. The number of halogens is 1. The Balaban J connectivity index is 2.18. The van der Waals surface area contributed by atoms with Crippen LogP contribution in [0.15, 0.2) is 5.11 Å². The van der Waals surface area contributed by atoms with Crippen molar-refractivity contribution in [2.24, 2.45) is 5.11 Å². The summed E-state index contributed by atoms with van der Waals surface area (Å²) < 4.78 is 18.5. The Kier molecular flexibility index (Phi) is 4.04. The Morgan fingerprint density at radius 3 is 2.90 bits per heavy atom. The van der Waals surface area contributed by atoms with Gasteiger partial charge in [-0.1, -0.05) is 5.11 Å². The Bertz CT molecular complexity index is 470. The van der Waals surface area contributed by atoms with Crippen molar-refractivity contribution in [1.82, 2.24) is 10.2 Å². The molecule has 0 radical (unpaired) electrons. The first-order chi connectivity index (χ1) is 9.49. The van der Waals surface area contributed by atoms with Crippen LogP contribution in [-0.2, 0) is 9.53 Å². The minimum atomic E-state index is -1.95. The van der Waals surface area contributed by atoms with Gasteiger partial charge in [-0.15, -0.1) is 0 Å². The molecule has 2 fully saturated rings. The van der Waals surface area contributed by atoms with E-state index in [0.29, 0.717) is 0 Å². The summed E-state index contributed by atoms with van der Waals surface area (Å²) >= 11 is 0. The van der Waals surface area contributed by atoms with Crippen LogP contribution in [0.2, 0.25) is 0 Å². The number of rotatable bonds is 3. The van der Waals surface area contributed by atoms with E-state index in [1.807, 2.05) is 0 Å². The minimum Gasteiger partial charge on any atom is -0.394 e. The van der Waals surface area contributed by atoms with Crippen molar-refractivity contribution >= 4 is 11.9 Å².